The second-order valence-electron chi connectivity index (χ2n) is 7.55. The molecule has 0 bridgehead atoms. The first kappa shape index (κ1) is 23.0. The fourth-order valence-electron chi connectivity index (χ4n) is 3.30. The molecule has 0 heterocycles. The Kier molecular flexibility index (Phi) is 8.00. The molecule has 32 heavy (non-hydrogen) atoms. The molecule has 0 aliphatic carbocycles. The Balaban J connectivity index is 1.69. The highest BCUT2D eigenvalue weighted by Gasteiger charge is 2.20. The fourth-order valence-corrected chi connectivity index (χ4v) is 3.30. The van der Waals surface area contributed by atoms with Crippen molar-refractivity contribution in [1.29, 1.82) is 0 Å². The number of hydrogen-bond acceptors (Lipinski definition) is 4. The molecular weight excluding hydrogens is 404 g/mol. The van der Waals surface area contributed by atoms with Crippen molar-refractivity contribution >= 4 is 11.8 Å². The molecule has 3 N–H and O–H groups in total. The van der Waals surface area contributed by atoms with Crippen molar-refractivity contribution in [2.45, 2.75) is 26.0 Å². The Bertz CT molecular complexity index is 1020. The van der Waals surface area contributed by atoms with Crippen LogP contribution in [-0.2, 0) is 17.8 Å². The lowest BCUT2D eigenvalue weighted by atomic mass is 10.0. The first-order chi connectivity index (χ1) is 15.5. The van der Waals surface area contributed by atoms with E-state index in [1.54, 1.807) is 29.2 Å². The summed E-state index contributed by atoms with van der Waals surface area (Å²) < 4.78 is 5.61. The zero-order valence-electron chi connectivity index (χ0n) is 18.1. The van der Waals surface area contributed by atoms with Crippen LogP contribution >= 0.6 is 0 Å². The van der Waals surface area contributed by atoms with Crippen LogP contribution in [0.15, 0.2) is 78.9 Å². The van der Waals surface area contributed by atoms with Crippen LogP contribution < -0.4 is 10.5 Å². The smallest absolute Gasteiger partial charge is 0.260 e. The van der Waals surface area contributed by atoms with E-state index in [-0.39, 0.29) is 19.1 Å². The maximum absolute atomic E-state index is 13.0. The van der Waals surface area contributed by atoms with Gasteiger partial charge in [-0.3, -0.25) is 9.59 Å². The number of aliphatic hydroxyl groups excluding tert-OH is 1. The van der Waals surface area contributed by atoms with Crippen LogP contribution in [0.2, 0.25) is 0 Å². The van der Waals surface area contributed by atoms with E-state index in [0.717, 1.165) is 17.5 Å². The van der Waals surface area contributed by atoms with Gasteiger partial charge in [-0.1, -0.05) is 61.5 Å². The molecule has 3 rings (SSSR count). The molecule has 6 nitrogen and oxygen atoms in total. The van der Waals surface area contributed by atoms with Gasteiger partial charge in [-0.05, 0) is 47.4 Å². The molecule has 1 atom stereocenters. The summed E-state index contributed by atoms with van der Waals surface area (Å²) in [5, 5.41) is 10.8. The van der Waals surface area contributed by atoms with Gasteiger partial charge >= 0.3 is 0 Å². The summed E-state index contributed by atoms with van der Waals surface area (Å²) in [5.74, 6) is -0.321. The molecule has 6 heteroatoms. The highest BCUT2D eigenvalue weighted by Crippen LogP contribution is 2.18. The van der Waals surface area contributed by atoms with Crippen LogP contribution in [0, 0.1) is 0 Å². The number of nitrogens with two attached hydrogens (primary N) is 1. The quantitative estimate of drug-likeness (QED) is 0.513. The summed E-state index contributed by atoms with van der Waals surface area (Å²) in [4.78, 5) is 25.8. The van der Waals surface area contributed by atoms with Gasteiger partial charge in [-0.2, -0.15) is 0 Å². The van der Waals surface area contributed by atoms with Crippen molar-refractivity contribution in [3.63, 3.8) is 0 Å². The van der Waals surface area contributed by atoms with Crippen LogP contribution in [0.1, 0.15) is 40.1 Å². The predicted octanol–water partition coefficient (Wildman–Crippen LogP) is 3.49. The van der Waals surface area contributed by atoms with E-state index in [1.165, 1.54) is 5.56 Å². The molecule has 0 aliphatic rings. The maximum atomic E-state index is 13.0. The number of ether oxygens (including phenoxy) is 1. The van der Waals surface area contributed by atoms with Gasteiger partial charge in [0.15, 0.2) is 6.61 Å². The molecule has 3 aromatic rings. The van der Waals surface area contributed by atoms with Gasteiger partial charge in [-0.15, -0.1) is 0 Å². The molecular formula is C26H28N2O4. The summed E-state index contributed by atoms with van der Waals surface area (Å²) >= 11 is 0. The minimum Gasteiger partial charge on any atom is -0.484 e. The van der Waals surface area contributed by atoms with E-state index < -0.39 is 12.0 Å². The van der Waals surface area contributed by atoms with Crippen molar-refractivity contribution in [1.82, 2.24) is 4.90 Å². The summed E-state index contributed by atoms with van der Waals surface area (Å²) in [6.07, 6.45) is 0.107. The number of primary amides is 1. The summed E-state index contributed by atoms with van der Waals surface area (Å²) in [5.41, 5.74) is 8.52. The molecule has 0 aromatic heterocycles. The number of aryl methyl sites for hydroxylation is 1. The highest BCUT2D eigenvalue weighted by atomic mass is 16.5. The Morgan fingerprint density at radius 2 is 1.59 bits per heavy atom. The third-order valence-electron chi connectivity index (χ3n) is 5.24. The van der Waals surface area contributed by atoms with Crippen LogP contribution in [0.4, 0.5) is 0 Å². The van der Waals surface area contributed by atoms with Crippen LogP contribution in [0.3, 0.4) is 0 Å². The molecule has 0 saturated carbocycles. The number of rotatable bonds is 10. The predicted molar refractivity (Wildman–Crippen MR) is 123 cm³/mol. The molecule has 1 unspecified atom stereocenters. The Hall–Kier alpha value is -3.64. The van der Waals surface area contributed by atoms with E-state index in [1.807, 2.05) is 54.6 Å². The molecule has 0 spiro atoms. The van der Waals surface area contributed by atoms with Crippen molar-refractivity contribution in [2.24, 2.45) is 5.73 Å². The maximum Gasteiger partial charge on any atom is 0.260 e. The third kappa shape index (κ3) is 6.43. The highest BCUT2D eigenvalue weighted by molar-refractivity contribution is 5.92. The molecule has 2 amide bonds. The monoisotopic (exact) mass is 432 g/mol. The number of carbonyl (C=O) groups excluding carboxylic acids is 2. The van der Waals surface area contributed by atoms with Crippen molar-refractivity contribution in [3.8, 4) is 5.75 Å². The number of benzene rings is 3. The number of aliphatic hydroxyl groups is 1. The minimum atomic E-state index is -0.816. The largest absolute Gasteiger partial charge is 0.484 e. The lowest BCUT2D eigenvalue weighted by Crippen LogP contribution is -2.37. The molecule has 166 valence electrons. The van der Waals surface area contributed by atoms with Crippen molar-refractivity contribution < 1.29 is 19.4 Å². The SMILES string of the molecule is CCc1ccc(C(O)CN(Cc2ccccc2)C(=O)COc2ccc(C(N)=O)cc2)cc1. The number of carbonyl (C=O) groups is 2. The van der Waals surface area contributed by atoms with Crippen molar-refractivity contribution in [2.75, 3.05) is 13.2 Å². The van der Waals surface area contributed by atoms with Gasteiger partial charge in [0.25, 0.3) is 5.91 Å². The summed E-state index contributed by atoms with van der Waals surface area (Å²) in [6, 6.07) is 23.7. The van der Waals surface area contributed by atoms with Gasteiger partial charge in [0.1, 0.15) is 5.75 Å². The minimum absolute atomic E-state index is 0.142. The topological polar surface area (TPSA) is 92.9 Å². The van der Waals surface area contributed by atoms with Gasteiger partial charge < -0.3 is 20.5 Å². The van der Waals surface area contributed by atoms with E-state index in [4.69, 9.17) is 10.5 Å². The lowest BCUT2D eigenvalue weighted by molar-refractivity contribution is -0.135. The molecule has 0 fully saturated rings. The second-order valence-corrected chi connectivity index (χ2v) is 7.55. The second kappa shape index (κ2) is 11.1. The van der Waals surface area contributed by atoms with Gasteiger partial charge in [-0.25, -0.2) is 0 Å². The van der Waals surface area contributed by atoms with Crippen LogP contribution in [0.5, 0.6) is 5.75 Å². The Morgan fingerprint density at radius 1 is 0.938 bits per heavy atom. The zero-order chi connectivity index (χ0) is 22.9. The van der Waals surface area contributed by atoms with E-state index in [2.05, 4.69) is 6.92 Å². The molecule has 0 saturated heterocycles. The summed E-state index contributed by atoms with van der Waals surface area (Å²) in [6.45, 7) is 2.38. The first-order valence-electron chi connectivity index (χ1n) is 10.6. The van der Waals surface area contributed by atoms with E-state index >= 15 is 0 Å². The van der Waals surface area contributed by atoms with Crippen molar-refractivity contribution in [3.05, 3.63) is 101 Å². The van der Waals surface area contributed by atoms with Gasteiger partial charge in [0.2, 0.25) is 5.91 Å². The van der Waals surface area contributed by atoms with E-state index in [9.17, 15) is 14.7 Å². The normalized spacial score (nSPS) is 11.6. The number of amides is 2. The Labute approximate surface area is 188 Å². The van der Waals surface area contributed by atoms with Crippen LogP contribution in [-0.4, -0.2) is 35.0 Å². The average molecular weight is 433 g/mol. The van der Waals surface area contributed by atoms with E-state index in [0.29, 0.717) is 17.9 Å². The average Bonchev–Trinajstić information content (AvgIpc) is 2.83. The lowest BCUT2D eigenvalue weighted by Gasteiger charge is -2.26. The molecule has 0 aliphatic heterocycles. The van der Waals surface area contributed by atoms with Crippen LogP contribution in [0.25, 0.3) is 0 Å². The first-order valence-corrected chi connectivity index (χ1v) is 10.6. The zero-order valence-corrected chi connectivity index (χ0v) is 18.1. The summed E-state index contributed by atoms with van der Waals surface area (Å²) in [7, 11) is 0. The Morgan fingerprint density at radius 3 is 2.19 bits per heavy atom. The standard InChI is InChI=1S/C26H28N2O4/c1-2-19-8-10-21(11-9-19)24(29)17-28(16-20-6-4-3-5-7-20)25(30)18-32-23-14-12-22(13-15-23)26(27)31/h3-15,24,29H,2,16-18H2,1H3,(H2,27,31). The number of hydrogen-bond donors (Lipinski definition) is 2. The third-order valence-corrected chi connectivity index (χ3v) is 5.24. The molecule has 3 aromatic carbocycles. The van der Waals surface area contributed by atoms with Gasteiger partial charge in [0, 0.05) is 12.1 Å². The number of nitrogens with zero attached hydrogens (tertiary/aromatic N) is 1. The van der Waals surface area contributed by atoms with Gasteiger partial charge in [0.05, 0.1) is 12.6 Å². The molecule has 0 radical (unpaired) electrons. The fraction of sp³-hybridized carbons (Fsp3) is 0.231.